The lowest BCUT2D eigenvalue weighted by atomic mass is 9.99. The van der Waals surface area contributed by atoms with Crippen molar-refractivity contribution in [3.8, 4) is 27.9 Å². The first-order valence-electron chi connectivity index (χ1n) is 15.6. The van der Waals surface area contributed by atoms with Crippen LogP contribution in [0.3, 0.4) is 0 Å². The van der Waals surface area contributed by atoms with E-state index in [0.717, 1.165) is 28.3 Å². The Morgan fingerprint density at radius 1 is 0.413 bits per heavy atom. The van der Waals surface area contributed by atoms with Crippen molar-refractivity contribution in [2.75, 3.05) is 4.90 Å². The Morgan fingerprint density at radius 2 is 0.826 bits per heavy atom. The Labute approximate surface area is 269 Å². The van der Waals surface area contributed by atoms with E-state index < -0.39 is 0 Å². The highest BCUT2D eigenvalue weighted by atomic mass is 15.1. The van der Waals surface area contributed by atoms with E-state index in [1.54, 1.807) is 0 Å². The normalized spacial score (nSPS) is 11.1. The fraction of sp³-hybridized carbons (Fsp3) is 0. The van der Waals surface area contributed by atoms with Crippen LogP contribution < -0.4 is 4.90 Å². The first-order chi connectivity index (χ1) is 22.8. The van der Waals surface area contributed by atoms with Crippen LogP contribution in [-0.2, 0) is 0 Å². The molecule has 1 heterocycles. The summed E-state index contributed by atoms with van der Waals surface area (Å²) in [6.45, 7) is 3.91. The van der Waals surface area contributed by atoms with Crippen LogP contribution in [-0.4, -0.2) is 4.57 Å². The van der Waals surface area contributed by atoms with Crippen molar-refractivity contribution >= 4 is 44.9 Å². The van der Waals surface area contributed by atoms with Crippen LogP contribution in [0.4, 0.5) is 17.1 Å². The predicted molar refractivity (Wildman–Crippen MR) is 196 cm³/mol. The molecule has 1 aromatic heterocycles. The number of fused-ring (bicyclic) bond motifs is 3. The largest absolute Gasteiger partial charge is 0.311 e. The van der Waals surface area contributed by atoms with Gasteiger partial charge in [0.25, 0.3) is 0 Å². The average Bonchev–Trinajstić information content (AvgIpc) is 3.46. The van der Waals surface area contributed by atoms with Gasteiger partial charge in [0.05, 0.1) is 11.0 Å². The molecule has 8 aromatic rings. The zero-order valence-electron chi connectivity index (χ0n) is 25.4. The van der Waals surface area contributed by atoms with E-state index in [0.29, 0.717) is 0 Å². The molecule has 0 saturated carbocycles. The molecule has 0 unspecified atom stereocenters. The summed E-state index contributed by atoms with van der Waals surface area (Å²) < 4.78 is 2.37. The monoisotopic (exact) mass is 588 g/mol. The molecule has 2 nitrogen and oxygen atoms in total. The molecule has 0 spiro atoms. The third kappa shape index (κ3) is 4.96. The highest BCUT2D eigenvalue weighted by Gasteiger charge is 2.16. The van der Waals surface area contributed by atoms with Crippen LogP contribution in [0.15, 0.2) is 183 Å². The van der Waals surface area contributed by atoms with E-state index in [-0.39, 0.29) is 0 Å². The number of rotatable bonds is 7. The molecule has 8 rings (SSSR count). The van der Waals surface area contributed by atoms with Gasteiger partial charge in [-0.1, -0.05) is 116 Å². The van der Waals surface area contributed by atoms with E-state index >= 15 is 0 Å². The zero-order valence-corrected chi connectivity index (χ0v) is 25.4. The molecule has 46 heavy (non-hydrogen) atoms. The van der Waals surface area contributed by atoms with Crippen molar-refractivity contribution < 1.29 is 0 Å². The first kappa shape index (κ1) is 27.4. The molecule has 218 valence electrons. The fourth-order valence-corrected chi connectivity index (χ4v) is 6.45. The van der Waals surface area contributed by atoms with Crippen LogP contribution >= 0.6 is 0 Å². The van der Waals surface area contributed by atoms with Gasteiger partial charge in [-0.3, -0.25) is 0 Å². The van der Waals surface area contributed by atoms with E-state index in [1.165, 1.54) is 44.1 Å². The quantitative estimate of drug-likeness (QED) is 0.180. The SMILES string of the molecule is C=Cc1ccc(-c2ccc3c(c2)c2cc(-c4ccc(N(c5ccccc5)c5ccccc5)cc4)ccc2n3-c2ccccc2)cc1. The maximum atomic E-state index is 3.91. The Balaban J connectivity index is 1.25. The summed E-state index contributed by atoms with van der Waals surface area (Å²) in [5.41, 5.74) is 12.8. The molecule has 0 N–H and O–H groups in total. The number of anilines is 3. The van der Waals surface area contributed by atoms with E-state index in [1.807, 2.05) is 6.08 Å². The van der Waals surface area contributed by atoms with Crippen LogP contribution in [0.2, 0.25) is 0 Å². The molecule has 0 amide bonds. The van der Waals surface area contributed by atoms with Crippen molar-refractivity contribution in [3.63, 3.8) is 0 Å². The molecular formula is C44H32N2. The van der Waals surface area contributed by atoms with E-state index in [2.05, 4.69) is 192 Å². The molecule has 0 fully saturated rings. The molecule has 0 atom stereocenters. The van der Waals surface area contributed by atoms with Gasteiger partial charge < -0.3 is 9.47 Å². The summed E-state index contributed by atoms with van der Waals surface area (Å²) in [6, 6.07) is 62.9. The average molecular weight is 589 g/mol. The molecule has 0 aliphatic carbocycles. The van der Waals surface area contributed by atoms with Gasteiger partial charge in [-0.05, 0) is 101 Å². The maximum Gasteiger partial charge on any atom is 0.0541 e. The van der Waals surface area contributed by atoms with Gasteiger partial charge in [0.2, 0.25) is 0 Å². The second kappa shape index (κ2) is 11.8. The molecule has 0 bridgehead atoms. The topological polar surface area (TPSA) is 8.17 Å². The molecule has 2 heteroatoms. The molecule has 0 aliphatic heterocycles. The number of para-hydroxylation sites is 3. The van der Waals surface area contributed by atoms with Crippen molar-refractivity contribution in [1.29, 1.82) is 0 Å². The van der Waals surface area contributed by atoms with E-state index in [4.69, 9.17) is 0 Å². The lowest BCUT2D eigenvalue weighted by Gasteiger charge is -2.25. The maximum absolute atomic E-state index is 3.91. The Kier molecular flexibility index (Phi) is 7.01. The summed E-state index contributed by atoms with van der Waals surface area (Å²) >= 11 is 0. The van der Waals surface area contributed by atoms with Crippen molar-refractivity contribution in [2.45, 2.75) is 0 Å². The molecule has 0 saturated heterocycles. The molecule has 7 aromatic carbocycles. The predicted octanol–water partition coefficient (Wildman–Crippen LogP) is 12.2. The minimum Gasteiger partial charge on any atom is -0.311 e. The lowest BCUT2D eigenvalue weighted by molar-refractivity contribution is 1.18. The van der Waals surface area contributed by atoms with Crippen LogP contribution in [0.25, 0.3) is 55.8 Å². The lowest BCUT2D eigenvalue weighted by Crippen LogP contribution is -2.09. The number of hydrogen-bond acceptors (Lipinski definition) is 1. The second-order valence-corrected chi connectivity index (χ2v) is 11.5. The van der Waals surface area contributed by atoms with Gasteiger partial charge in [0.15, 0.2) is 0 Å². The van der Waals surface area contributed by atoms with Crippen molar-refractivity contribution in [3.05, 3.63) is 188 Å². The molecule has 0 radical (unpaired) electrons. The van der Waals surface area contributed by atoms with Crippen LogP contribution in [0, 0.1) is 0 Å². The summed E-state index contributed by atoms with van der Waals surface area (Å²) in [6.07, 6.45) is 1.88. The summed E-state index contributed by atoms with van der Waals surface area (Å²) in [5.74, 6) is 0. The zero-order chi connectivity index (χ0) is 30.9. The first-order valence-corrected chi connectivity index (χ1v) is 15.6. The number of aromatic nitrogens is 1. The molecular weight excluding hydrogens is 556 g/mol. The number of hydrogen-bond donors (Lipinski definition) is 0. The summed E-state index contributed by atoms with van der Waals surface area (Å²) in [4.78, 5) is 2.30. The van der Waals surface area contributed by atoms with Crippen LogP contribution in [0.1, 0.15) is 5.56 Å². The Hall–Kier alpha value is -6.12. The highest BCUT2D eigenvalue weighted by Crippen LogP contribution is 2.39. The minimum absolute atomic E-state index is 1.12. The van der Waals surface area contributed by atoms with Gasteiger partial charge in [-0.2, -0.15) is 0 Å². The molecule has 0 aliphatic rings. The van der Waals surface area contributed by atoms with Gasteiger partial charge in [-0.25, -0.2) is 0 Å². The van der Waals surface area contributed by atoms with Crippen molar-refractivity contribution in [2.24, 2.45) is 0 Å². The van der Waals surface area contributed by atoms with Gasteiger partial charge in [0.1, 0.15) is 0 Å². The Morgan fingerprint density at radius 3 is 1.30 bits per heavy atom. The number of nitrogens with zero attached hydrogens (tertiary/aromatic N) is 2. The minimum atomic E-state index is 1.12. The third-order valence-corrected chi connectivity index (χ3v) is 8.75. The van der Waals surface area contributed by atoms with Crippen LogP contribution in [0.5, 0.6) is 0 Å². The second-order valence-electron chi connectivity index (χ2n) is 11.5. The van der Waals surface area contributed by atoms with Gasteiger partial charge in [-0.15, -0.1) is 0 Å². The highest BCUT2D eigenvalue weighted by molar-refractivity contribution is 6.11. The van der Waals surface area contributed by atoms with Crippen molar-refractivity contribution in [1.82, 2.24) is 4.57 Å². The summed E-state index contributed by atoms with van der Waals surface area (Å²) in [5, 5.41) is 2.47. The Bertz CT molecular complexity index is 2240. The van der Waals surface area contributed by atoms with Gasteiger partial charge >= 0.3 is 0 Å². The summed E-state index contributed by atoms with van der Waals surface area (Å²) in [7, 11) is 0. The third-order valence-electron chi connectivity index (χ3n) is 8.75. The fourth-order valence-electron chi connectivity index (χ4n) is 6.45. The van der Waals surface area contributed by atoms with E-state index in [9.17, 15) is 0 Å². The van der Waals surface area contributed by atoms with Gasteiger partial charge in [0, 0.05) is 33.5 Å². The smallest absolute Gasteiger partial charge is 0.0541 e. The standard InChI is InChI=1S/C44H32N2/c1-2-32-18-20-33(21-19-32)35-24-28-43-41(30-35)42-31-36(25-29-44(42)46(43)39-16-10-5-11-17-39)34-22-26-40(27-23-34)45(37-12-6-3-7-13-37)38-14-8-4-9-15-38/h2-31H,1H2. The number of benzene rings is 7.